The molecule has 3 unspecified atom stereocenters. The van der Waals surface area contributed by atoms with Crippen LogP contribution in [-0.2, 0) is 4.79 Å². The summed E-state index contributed by atoms with van der Waals surface area (Å²) in [7, 11) is 0. The second-order valence-corrected chi connectivity index (χ2v) is 9.82. The largest absolute Gasteiger partial charge is 0.481 e. The van der Waals surface area contributed by atoms with Crippen molar-refractivity contribution < 1.29 is 9.90 Å². The number of allylic oxidation sites excluding steroid dienone is 3. The van der Waals surface area contributed by atoms with Gasteiger partial charge in [-0.3, -0.25) is 4.79 Å². The van der Waals surface area contributed by atoms with Gasteiger partial charge in [-0.15, -0.1) is 0 Å². The van der Waals surface area contributed by atoms with E-state index in [4.69, 9.17) is 16.6 Å². The summed E-state index contributed by atoms with van der Waals surface area (Å²) in [6, 6.07) is 17.9. The second kappa shape index (κ2) is 9.66. The van der Waals surface area contributed by atoms with E-state index < -0.39 is 17.3 Å². The average molecular weight is 523 g/mol. The molecule has 2 aromatic carbocycles. The van der Waals surface area contributed by atoms with E-state index >= 15 is 0 Å². The van der Waals surface area contributed by atoms with E-state index in [1.54, 1.807) is 6.08 Å². The molecule has 1 aromatic heterocycles. The Morgan fingerprint density at radius 1 is 1.21 bits per heavy atom. The Morgan fingerprint density at radius 3 is 2.76 bits per heavy atom. The lowest BCUT2D eigenvalue weighted by Crippen LogP contribution is -2.37. The summed E-state index contributed by atoms with van der Waals surface area (Å²) in [6.07, 6.45) is 8.40. The molecule has 1 aliphatic carbocycles. The van der Waals surface area contributed by atoms with Crippen LogP contribution in [0.4, 0.5) is 0 Å². The lowest BCUT2D eigenvalue weighted by molar-refractivity contribution is -0.143. The normalized spacial score (nSPS) is 20.6. The van der Waals surface area contributed by atoms with E-state index in [2.05, 4.69) is 34.6 Å². The van der Waals surface area contributed by atoms with Gasteiger partial charge in [-0.25, -0.2) is 4.98 Å². The predicted molar refractivity (Wildman–Crippen MR) is 140 cm³/mol. The first kappa shape index (κ1) is 23.5. The highest BCUT2D eigenvalue weighted by atomic mass is 79.9. The molecule has 1 N–H and O–H groups in total. The maximum atomic E-state index is 12.1. The van der Waals surface area contributed by atoms with Gasteiger partial charge in [0.25, 0.3) is 0 Å². The Hall–Kier alpha value is -2.69. The Balaban J connectivity index is 1.72. The van der Waals surface area contributed by atoms with Crippen LogP contribution >= 0.6 is 27.5 Å². The molecule has 1 heterocycles. The first-order chi connectivity index (χ1) is 15.8. The number of carbonyl (C=O) groups is 1. The molecule has 4 rings (SSSR count). The van der Waals surface area contributed by atoms with Crippen LogP contribution in [-0.4, -0.2) is 21.4 Å². The third-order valence-electron chi connectivity index (χ3n) is 6.56. The molecular formula is C28H25BrClNO2. The highest BCUT2D eigenvalue weighted by molar-refractivity contribution is 9.09. The highest BCUT2D eigenvalue weighted by Crippen LogP contribution is 2.48. The third-order valence-corrected chi connectivity index (χ3v) is 7.25. The SMILES string of the molecule is C=C(c1cccc(C(CCBr)C2(C)C=CC=CC2C(=O)O)c1)c1ccc2ccc(Cl)cc2n1. The quantitative estimate of drug-likeness (QED) is 0.324. The molecule has 0 amide bonds. The Bertz CT molecular complexity index is 1280. The fourth-order valence-corrected chi connectivity index (χ4v) is 5.35. The summed E-state index contributed by atoms with van der Waals surface area (Å²) in [4.78, 5) is 16.8. The van der Waals surface area contributed by atoms with Gasteiger partial charge >= 0.3 is 5.97 Å². The Morgan fingerprint density at radius 2 is 2.00 bits per heavy atom. The molecule has 3 aromatic rings. The zero-order valence-corrected chi connectivity index (χ0v) is 20.7. The van der Waals surface area contributed by atoms with Crippen molar-refractivity contribution in [3.05, 3.63) is 107 Å². The van der Waals surface area contributed by atoms with Crippen molar-refractivity contribution in [1.29, 1.82) is 0 Å². The van der Waals surface area contributed by atoms with Crippen LogP contribution in [0.25, 0.3) is 16.5 Å². The molecular weight excluding hydrogens is 498 g/mol. The molecule has 0 fully saturated rings. The van der Waals surface area contributed by atoms with Gasteiger partial charge in [0.15, 0.2) is 0 Å². The van der Waals surface area contributed by atoms with Gasteiger partial charge in [0.2, 0.25) is 0 Å². The van der Waals surface area contributed by atoms with Gasteiger partial charge in [-0.05, 0) is 41.7 Å². The number of alkyl halides is 1. The van der Waals surface area contributed by atoms with E-state index in [0.717, 1.165) is 45.0 Å². The summed E-state index contributed by atoms with van der Waals surface area (Å²) < 4.78 is 0. The monoisotopic (exact) mass is 521 g/mol. The number of hydrogen-bond acceptors (Lipinski definition) is 2. The van der Waals surface area contributed by atoms with E-state index in [1.165, 1.54) is 0 Å². The number of hydrogen-bond donors (Lipinski definition) is 1. The van der Waals surface area contributed by atoms with Gasteiger partial charge in [0.05, 0.1) is 17.1 Å². The Labute approximate surface area is 207 Å². The molecule has 3 atom stereocenters. The maximum Gasteiger partial charge on any atom is 0.311 e. The zero-order chi connectivity index (χ0) is 23.6. The van der Waals surface area contributed by atoms with Crippen LogP contribution in [0.15, 0.2) is 85.5 Å². The van der Waals surface area contributed by atoms with Gasteiger partial charge in [0, 0.05) is 26.7 Å². The standard InChI is InChI=1S/C28H25BrClNO2/c1-18(25-12-10-19-9-11-22(30)17-26(19)31-25)20-6-5-7-21(16-20)23(13-15-29)28(2)14-4-3-8-24(28)27(32)33/h3-12,14,16-17,23-24H,1,13,15H2,2H3,(H,32,33). The molecule has 5 heteroatoms. The summed E-state index contributed by atoms with van der Waals surface area (Å²) in [5.41, 5.74) is 3.93. The fraction of sp³-hybridized carbons (Fsp3) is 0.214. The molecule has 0 bridgehead atoms. The van der Waals surface area contributed by atoms with Crippen LogP contribution < -0.4 is 0 Å². The number of pyridine rings is 1. The number of nitrogens with zero attached hydrogens (tertiary/aromatic N) is 1. The summed E-state index contributed by atoms with van der Waals surface area (Å²) in [6.45, 7) is 6.36. The molecule has 0 aliphatic heterocycles. The van der Waals surface area contributed by atoms with Gasteiger partial charge in [0.1, 0.15) is 0 Å². The molecule has 0 spiro atoms. The molecule has 1 aliphatic rings. The molecule has 0 saturated heterocycles. The van der Waals surface area contributed by atoms with Crippen molar-refractivity contribution >= 4 is 50.0 Å². The number of aliphatic carboxylic acids is 1. The number of carboxylic acid groups (broad SMARTS) is 1. The molecule has 33 heavy (non-hydrogen) atoms. The van der Waals surface area contributed by atoms with E-state index in [9.17, 15) is 9.90 Å². The average Bonchev–Trinajstić information content (AvgIpc) is 2.81. The van der Waals surface area contributed by atoms with Crippen molar-refractivity contribution in [2.75, 3.05) is 5.33 Å². The molecule has 0 radical (unpaired) electrons. The minimum atomic E-state index is -0.808. The van der Waals surface area contributed by atoms with Gasteiger partial charge in [-0.2, -0.15) is 0 Å². The third kappa shape index (κ3) is 4.68. The number of aromatic nitrogens is 1. The van der Waals surface area contributed by atoms with E-state index in [1.807, 2.05) is 67.6 Å². The first-order valence-corrected chi connectivity index (χ1v) is 12.3. The summed E-state index contributed by atoms with van der Waals surface area (Å²) in [5.74, 6) is -1.39. The number of halogens is 2. The van der Waals surface area contributed by atoms with Crippen LogP contribution in [0.1, 0.15) is 36.1 Å². The predicted octanol–water partition coefficient (Wildman–Crippen LogP) is 7.65. The summed E-state index contributed by atoms with van der Waals surface area (Å²) in [5, 5.41) is 12.3. The second-order valence-electron chi connectivity index (χ2n) is 8.59. The van der Waals surface area contributed by atoms with Crippen molar-refractivity contribution in [2.24, 2.45) is 11.3 Å². The van der Waals surface area contributed by atoms with Crippen molar-refractivity contribution in [3.8, 4) is 0 Å². The van der Waals surface area contributed by atoms with Crippen molar-refractivity contribution in [2.45, 2.75) is 19.3 Å². The molecule has 0 saturated carbocycles. The van der Waals surface area contributed by atoms with Crippen LogP contribution in [0.2, 0.25) is 5.02 Å². The van der Waals surface area contributed by atoms with Crippen molar-refractivity contribution in [1.82, 2.24) is 4.98 Å². The van der Waals surface area contributed by atoms with E-state index in [-0.39, 0.29) is 5.92 Å². The van der Waals surface area contributed by atoms with Crippen LogP contribution in [0, 0.1) is 11.3 Å². The minimum absolute atomic E-state index is 0.00953. The topological polar surface area (TPSA) is 50.2 Å². The van der Waals surface area contributed by atoms with Crippen LogP contribution in [0.5, 0.6) is 0 Å². The minimum Gasteiger partial charge on any atom is -0.481 e. The maximum absolute atomic E-state index is 12.1. The smallest absolute Gasteiger partial charge is 0.311 e. The first-order valence-electron chi connectivity index (χ1n) is 10.8. The van der Waals surface area contributed by atoms with E-state index in [0.29, 0.717) is 5.02 Å². The number of fused-ring (bicyclic) bond motifs is 1. The lowest BCUT2D eigenvalue weighted by atomic mass is 9.63. The van der Waals surface area contributed by atoms with Crippen molar-refractivity contribution in [3.63, 3.8) is 0 Å². The van der Waals surface area contributed by atoms with Crippen LogP contribution in [0.3, 0.4) is 0 Å². The number of benzene rings is 2. The summed E-state index contributed by atoms with van der Waals surface area (Å²) >= 11 is 9.74. The lowest BCUT2D eigenvalue weighted by Gasteiger charge is -2.40. The van der Waals surface area contributed by atoms with Gasteiger partial charge in [-0.1, -0.05) is 102 Å². The fourth-order valence-electron chi connectivity index (χ4n) is 4.73. The Kier molecular flexibility index (Phi) is 6.87. The van der Waals surface area contributed by atoms with Gasteiger partial charge < -0.3 is 5.11 Å². The highest BCUT2D eigenvalue weighted by Gasteiger charge is 2.43. The molecule has 168 valence electrons. The molecule has 3 nitrogen and oxygen atoms in total. The number of rotatable bonds is 7. The zero-order valence-electron chi connectivity index (χ0n) is 18.3. The number of carboxylic acids is 1.